The Balaban J connectivity index is 0.000000342. The van der Waals surface area contributed by atoms with Crippen LogP contribution in [0.1, 0.15) is 38.6 Å². The minimum Gasteiger partial charge on any atom is -0.465 e. The molecule has 2 N–H and O–H groups in total. The van der Waals surface area contributed by atoms with E-state index in [-0.39, 0.29) is 0 Å². The van der Waals surface area contributed by atoms with Crippen LogP contribution in [0.4, 0.5) is 4.79 Å². The predicted octanol–water partition coefficient (Wildman–Crippen LogP) is 5.61. The number of nitrogens with one attached hydrogen (secondary N) is 1. The van der Waals surface area contributed by atoms with E-state index < -0.39 is 6.09 Å². The van der Waals surface area contributed by atoms with Crippen LogP contribution in [0.15, 0.2) is 54.9 Å². The summed E-state index contributed by atoms with van der Waals surface area (Å²) in [5.74, 6) is 0.975. The minimum absolute atomic E-state index is 0.481. The third-order valence-electron chi connectivity index (χ3n) is 5.30. The van der Waals surface area contributed by atoms with Gasteiger partial charge in [0.15, 0.2) is 5.82 Å². The molecule has 0 spiro atoms. The number of carbonyl (C=O) groups is 1. The van der Waals surface area contributed by atoms with E-state index in [0.29, 0.717) is 12.6 Å². The Kier molecular flexibility index (Phi) is 6.57. The van der Waals surface area contributed by atoms with Crippen LogP contribution in [0.25, 0.3) is 32.2 Å². The first-order valence-corrected chi connectivity index (χ1v) is 11.3. The number of aromatic nitrogens is 4. The van der Waals surface area contributed by atoms with Gasteiger partial charge in [0.2, 0.25) is 0 Å². The fourth-order valence-electron chi connectivity index (χ4n) is 3.81. The molecule has 1 amide bonds. The monoisotopic (exact) mass is 435 g/mol. The SMILES string of the molecule is CCNC(=O)O.c1ccc2sc(-c3ccc(-c4nncn4C4CCCC4)cc3)nc2c1. The standard InChI is InChI=1S/C20H18N4S.C3H7NO2/c1-2-6-16(5-1)24-13-21-23-19(24)14-9-11-15(12-10-14)20-22-17-7-3-4-8-18(17)25-20;1-2-4-3(5)6/h3-4,7-13,16H,1-2,5-6H2;4H,2H2,1H3,(H,5,6). The molecule has 0 unspecified atom stereocenters. The second-order valence-electron chi connectivity index (χ2n) is 7.40. The molecule has 0 radical (unpaired) electrons. The van der Waals surface area contributed by atoms with E-state index in [1.165, 1.54) is 30.4 Å². The molecule has 2 heterocycles. The van der Waals surface area contributed by atoms with Gasteiger partial charge in [-0.1, -0.05) is 49.2 Å². The van der Waals surface area contributed by atoms with Crippen molar-refractivity contribution in [2.45, 2.75) is 38.6 Å². The van der Waals surface area contributed by atoms with Crippen molar-refractivity contribution >= 4 is 27.6 Å². The average molecular weight is 436 g/mol. The summed E-state index contributed by atoms with van der Waals surface area (Å²) in [6, 6.07) is 17.4. The topological polar surface area (TPSA) is 92.9 Å². The molecule has 2 aromatic carbocycles. The lowest BCUT2D eigenvalue weighted by Crippen LogP contribution is -2.19. The first kappa shape index (κ1) is 21.0. The maximum atomic E-state index is 9.49. The second kappa shape index (κ2) is 9.70. The van der Waals surface area contributed by atoms with Gasteiger partial charge in [-0.3, -0.25) is 0 Å². The first-order valence-electron chi connectivity index (χ1n) is 10.5. The highest BCUT2D eigenvalue weighted by Gasteiger charge is 2.20. The zero-order valence-electron chi connectivity index (χ0n) is 17.4. The van der Waals surface area contributed by atoms with Crippen molar-refractivity contribution in [3.63, 3.8) is 0 Å². The Morgan fingerprint density at radius 1 is 1.13 bits per heavy atom. The van der Waals surface area contributed by atoms with Gasteiger partial charge in [-0.15, -0.1) is 21.5 Å². The van der Waals surface area contributed by atoms with Crippen molar-refractivity contribution in [1.29, 1.82) is 0 Å². The van der Waals surface area contributed by atoms with Crippen LogP contribution in [0, 0.1) is 0 Å². The summed E-state index contributed by atoms with van der Waals surface area (Å²) in [5, 5.41) is 19.5. The Morgan fingerprint density at radius 3 is 2.48 bits per heavy atom. The summed E-state index contributed by atoms with van der Waals surface area (Å²) in [7, 11) is 0. The summed E-state index contributed by atoms with van der Waals surface area (Å²) in [5.41, 5.74) is 3.33. The van der Waals surface area contributed by atoms with Gasteiger partial charge >= 0.3 is 6.09 Å². The smallest absolute Gasteiger partial charge is 0.404 e. The Hall–Kier alpha value is -3.26. The Labute approximate surface area is 184 Å². The molecule has 0 atom stereocenters. The van der Waals surface area contributed by atoms with Crippen LogP contribution in [-0.4, -0.2) is 37.5 Å². The molecular formula is C23H25N5O2S. The van der Waals surface area contributed by atoms with Gasteiger partial charge < -0.3 is 15.0 Å². The summed E-state index contributed by atoms with van der Waals surface area (Å²) < 4.78 is 3.47. The molecule has 8 heteroatoms. The van der Waals surface area contributed by atoms with E-state index in [2.05, 4.69) is 62.5 Å². The summed E-state index contributed by atoms with van der Waals surface area (Å²) >= 11 is 1.73. The maximum absolute atomic E-state index is 9.49. The van der Waals surface area contributed by atoms with Crippen molar-refractivity contribution < 1.29 is 9.90 Å². The second-order valence-corrected chi connectivity index (χ2v) is 8.43. The molecule has 1 fully saturated rings. The van der Waals surface area contributed by atoms with Crippen molar-refractivity contribution in [2.75, 3.05) is 6.54 Å². The lowest BCUT2D eigenvalue weighted by molar-refractivity contribution is 0.195. The van der Waals surface area contributed by atoms with Crippen LogP contribution < -0.4 is 5.32 Å². The van der Waals surface area contributed by atoms with Crippen LogP contribution >= 0.6 is 11.3 Å². The highest BCUT2D eigenvalue weighted by molar-refractivity contribution is 7.21. The number of amides is 1. The van der Waals surface area contributed by atoms with E-state index in [1.807, 2.05) is 12.4 Å². The third kappa shape index (κ3) is 4.91. The van der Waals surface area contributed by atoms with E-state index in [4.69, 9.17) is 10.1 Å². The maximum Gasteiger partial charge on any atom is 0.404 e. The largest absolute Gasteiger partial charge is 0.465 e. The molecule has 2 aromatic heterocycles. The van der Waals surface area contributed by atoms with E-state index in [0.717, 1.165) is 27.5 Å². The van der Waals surface area contributed by atoms with E-state index >= 15 is 0 Å². The average Bonchev–Trinajstić information content (AvgIpc) is 3.54. The zero-order chi connectivity index (χ0) is 21.6. The quantitative estimate of drug-likeness (QED) is 0.434. The molecule has 5 rings (SSSR count). The zero-order valence-corrected chi connectivity index (χ0v) is 18.2. The number of hydrogen-bond donors (Lipinski definition) is 2. The Morgan fingerprint density at radius 2 is 1.84 bits per heavy atom. The van der Waals surface area contributed by atoms with Crippen LogP contribution in [0.2, 0.25) is 0 Å². The molecule has 1 aliphatic carbocycles. The van der Waals surface area contributed by atoms with E-state index in [9.17, 15) is 4.79 Å². The van der Waals surface area contributed by atoms with Crippen molar-refractivity contribution in [2.24, 2.45) is 0 Å². The predicted molar refractivity (Wildman–Crippen MR) is 123 cm³/mol. The number of nitrogens with zero attached hydrogens (tertiary/aromatic N) is 4. The van der Waals surface area contributed by atoms with Gasteiger partial charge in [-0.05, 0) is 31.9 Å². The lowest BCUT2D eigenvalue weighted by atomic mass is 10.1. The number of benzene rings is 2. The molecule has 1 saturated carbocycles. The molecule has 160 valence electrons. The van der Waals surface area contributed by atoms with Gasteiger partial charge in [0.1, 0.15) is 11.3 Å². The molecule has 4 aromatic rings. The number of thiazole rings is 1. The van der Waals surface area contributed by atoms with Crippen LogP contribution in [0.5, 0.6) is 0 Å². The molecule has 0 aliphatic heterocycles. The van der Waals surface area contributed by atoms with Crippen molar-refractivity contribution in [3.05, 3.63) is 54.9 Å². The number of carboxylic acid groups (broad SMARTS) is 1. The normalized spacial score (nSPS) is 13.7. The van der Waals surface area contributed by atoms with Gasteiger partial charge in [-0.25, -0.2) is 9.78 Å². The van der Waals surface area contributed by atoms with Crippen LogP contribution in [0.3, 0.4) is 0 Å². The third-order valence-corrected chi connectivity index (χ3v) is 6.39. The fourth-order valence-corrected chi connectivity index (χ4v) is 4.78. The van der Waals surface area contributed by atoms with Crippen molar-refractivity contribution in [1.82, 2.24) is 25.1 Å². The van der Waals surface area contributed by atoms with Gasteiger partial charge in [0, 0.05) is 23.7 Å². The molecule has 0 bridgehead atoms. The first-order chi connectivity index (χ1) is 15.2. The van der Waals surface area contributed by atoms with Crippen molar-refractivity contribution in [3.8, 4) is 22.0 Å². The highest BCUT2D eigenvalue weighted by atomic mass is 32.1. The lowest BCUT2D eigenvalue weighted by Gasteiger charge is -2.13. The number of hydrogen-bond acceptors (Lipinski definition) is 5. The molecular weight excluding hydrogens is 410 g/mol. The summed E-state index contributed by atoms with van der Waals surface area (Å²) in [6.45, 7) is 2.21. The number of rotatable bonds is 4. The summed E-state index contributed by atoms with van der Waals surface area (Å²) in [4.78, 5) is 14.2. The van der Waals surface area contributed by atoms with E-state index in [1.54, 1.807) is 18.3 Å². The molecule has 0 saturated heterocycles. The highest BCUT2D eigenvalue weighted by Crippen LogP contribution is 2.34. The summed E-state index contributed by atoms with van der Waals surface area (Å²) in [6.07, 6.45) is 5.99. The number of para-hydroxylation sites is 1. The fraction of sp³-hybridized carbons (Fsp3) is 0.304. The van der Waals surface area contributed by atoms with Gasteiger partial charge in [0.25, 0.3) is 0 Å². The van der Waals surface area contributed by atoms with Gasteiger partial charge in [0.05, 0.1) is 10.2 Å². The van der Waals surface area contributed by atoms with Gasteiger partial charge in [-0.2, -0.15) is 0 Å². The van der Waals surface area contributed by atoms with Crippen LogP contribution in [-0.2, 0) is 0 Å². The number of fused-ring (bicyclic) bond motifs is 1. The Bertz CT molecular complexity index is 1110. The molecule has 1 aliphatic rings. The molecule has 31 heavy (non-hydrogen) atoms. The minimum atomic E-state index is -0.961. The molecule has 7 nitrogen and oxygen atoms in total.